The number of carbonyl (C=O) groups excluding carboxylic acids is 1. The molecule has 0 spiro atoms. The lowest BCUT2D eigenvalue weighted by Gasteiger charge is -2.20. The molecule has 3 aromatic carbocycles. The third kappa shape index (κ3) is 3.68. The van der Waals surface area contributed by atoms with Gasteiger partial charge in [-0.1, -0.05) is 65.1 Å². The van der Waals surface area contributed by atoms with E-state index in [0.29, 0.717) is 11.7 Å². The number of anilines is 1. The van der Waals surface area contributed by atoms with Crippen LogP contribution in [0.1, 0.15) is 16.7 Å². The standard InChI is InChI=1S/C24H21N5OS/c1-16-12-13-21-23(17(16)2)25-24(31-21)28(14-18-8-4-3-5-9-18)22(30)15-29-20-11-7-6-10-19(20)26-27-29/h3-13H,14-15H2,1-2H3. The van der Waals surface area contributed by atoms with Crippen molar-refractivity contribution >= 4 is 43.6 Å². The lowest BCUT2D eigenvalue weighted by molar-refractivity contribution is -0.119. The Morgan fingerprint density at radius 3 is 2.61 bits per heavy atom. The molecule has 0 unspecified atom stereocenters. The molecule has 0 fully saturated rings. The van der Waals surface area contributed by atoms with Crippen LogP contribution in [0.25, 0.3) is 21.3 Å². The SMILES string of the molecule is Cc1ccc2sc(N(Cc3ccccc3)C(=O)Cn3nnc4ccccc43)nc2c1C. The highest BCUT2D eigenvalue weighted by molar-refractivity contribution is 7.22. The molecule has 0 N–H and O–H groups in total. The largest absolute Gasteiger partial charge is 0.282 e. The first kappa shape index (κ1) is 19.4. The van der Waals surface area contributed by atoms with E-state index in [2.05, 4.69) is 36.3 Å². The number of fused-ring (bicyclic) bond motifs is 2. The van der Waals surface area contributed by atoms with Gasteiger partial charge in [0.05, 0.1) is 22.3 Å². The average Bonchev–Trinajstić information content (AvgIpc) is 3.40. The first-order valence-corrected chi connectivity index (χ1v) is 10.9. The molecule has 0 aliphatic heterocycles. The van der Waals surface area contributed by atoms with E-state index >= 15 is 0 Å². The number of para-hydroxylation sites is 1. The number of carbonyl (C=O) groups is 1. The number of amides is 1. The van der Waals surface area contributed by atoms with Gasteiger partial charge in [0.2, 0.25) is 0 Å². The molecule has 2 heterocycles. The van der Waals surface area contributed by atoms with Crippen molar-refractivity contribution in [2.75, 3.05) is 4.90 Å². The summed E-state index contributed by atoms with van der Waals surface area (Å²) in [4.78, 5) is 20.1. The van der Waals surface area contributed by atoms with Gasteiger partial charge in [0.15, 0.2) is 5.13 Å². The minimum atomic E-state index is -0.0760. The first-order chi connectivity index (χ1) is 15.1. The summed E-state index contributed by atoms with van der Waals surface area (Å²) in [6.07, 6.45) is 0. The van der Waals surface area contributed by atoms with E-state index in [0.717, 1.165) is 32.4 Å². The summed E-state index contributed by atoms with van der Waals surface area (Å²) in [6, 6.07) is 21.8. The summed E-state index contributed by atoms with van der Waals surface area (Å²) in [7, 11) is 0. The average molecular weight is 428 g/mol. The van der Waals surface area contributed by atoms with Crippen molar-refractivity contribution in [3.8, 4) is 0 Å². The zero-order valence-electron chi connectivity index (χ0n) is 17.3. The lowest BCUT2D eigenvalue weighted by Crippen LogP contribution is -2.33. The van der Waals surface area contributed by atoms with Crippen molar-refractivity contribution in [3.05, 3.63) is 83.4 Å². The molecule has 5 aromatic rings. The van der Waals surface area contributed by atoms with E-state index in [1.807, 2.05) is 54.6 Å². The number of rotatable bonds is 5. The van der Waals surface area contributed by atoms with Crippen LogP contribution in [-0.2, 0) is 17.9 Å². The van der Waals surface area contributed by atoms with Crippen molar-refractivity contribution in [1.29, 1.82) is 0 Å². The molecule has 0 saturated carbocycles. The molecule has 0 saturated heterocycles. The number of aromatic nitrogens is 4. The normalized spacial score (nSPS) is 11.3. The Balaban J connectivity index is 1.54. The summed E-state index contributed by atoms with van der Waals surface area (Å²) in [5.41, 5.74) is 5.96. The second-order valence-corrected chi connectivity index (χ2v) is 8.56. The summed E-state index contributed by atoms with van der Waals surface area (Å²) >= 11 is 1.54. The summed E-state index contributed by atoms with van der Waals surface area (Å²) in [6.45, 7) is 4.70. The van der Waals surface area contributed by atoms with Gasteiger partial charge in [-0.15, -0.1) is 5.10 Å². The van der Waals surface area contributed by atoms with Gasteiger partial charge < -0.3 is 0 Å². The van der Waals surface area contributed by atoms with Gasteiger partial charge in [0.25, 0.3) is 5.91 Å². The second kappa shape index (κ2) is 7.92. The third-order valence-corrected chi connectivity index (χ3v) is 6.54. The molecule has 154 valence electrons. The lowest BCUT2D eigenvalue weighted by atomic mass is 10.1. The second-order valence-electron chi connectivity index (χ2n) is 7.55. The maximum Gasteiger partial charge on any atom is 0.250 e. The predicted molar refractivity (Wildman–Crippen MR) is 124 cm³/mol. The number of nitrogens with zero attached hydrogens (tertiary/aromatic N) is 5. The van der Waals surface area contributed by atoms with Crippen molar-refractivity contribution in [3.63, 3.8) is 0 Å². The van der Waals surface area contributed by atoms with E-state index in [9.17, 15) is 4.79 Å². The molecule has 0 atom stereocenters. The van der Waals surface area contributed by atoms with Gasteiger partial charge >= 0.3 is 0 Å². The zero-order chi connectivity index (χ0) is 21.4. The van der Waals surface area contributed by atoms with Gasteiger partial charge in [0, 0.05) is 0 Å². The Kier molecular flexibility index (Phi) is 4.95. The number of thiazole rings is 1. The fourth-order valence-electron chi connectivity index (χ4n) is 3.61. The minimum absolute atomic E-state index is 0.0760. The van der Waals surface area contributed by atoms with Crippen molar-refractivity contribution in [2.45, 2.75) is 26.9 Å². The Hall–Kier alpha value is -3.58. The van der Waals surface area contributed by atoms with Crippen LogP contribution >= 0.6 is 11.3 Å². The van der Waals surface area contributed by atoms with E-state index in [-0.39, 0.29) is 12.5 Å². The monoisotopic (exact) mass is 427 g/mol. The Morgan fingerprint density at radius 2 is 1.77 bits per heavy atom. The molecule has 2 aromatic heterocycles. The molecule has 1 amide bonds. The fraction of sp³-hybridized carbons (Fsp3) is 0.167. The molecule has 0 bridgehead atoms. The van der Waals surface area contributed by atoms with Crippen LogP contribution < -0.4 is 4.90 Å². The van der Waals surface area contributed by atoms with Gasteiger partial charge in [0.1, 0.15) is 12.1 Å². The molecule has 31 heavy (non-hydrogen) atoms. The van der Waals surface area contributed by atoms with Crippen LogP contribution in [-0.4, -0.2) is 25.9 Å². The quantitative estimate of drug-likeness (QED) is 0.401. The van der Waals surface area contributed by atoms with Crippen LogP contribution in [0.5, 0.6) is 0 Å². The summed E-state index contributed by atoms with van der Waals surface area (Å²) < 4.78 is 2.73. The molecule has 5 rings (SSSR count). The van der Waals surface area contributed by atoms with Gasteiger partial charge in [-0.3, -0.25) is 9.69 Å². The van der Waals surface area contributed by atoms with E-state index in [4.69, 9.17) is 4.98 Å². The molecule has 0 radical (unpaired) electrons. The Bertz CT molecular complexity index is 1390. The zero-order valence-corrected chi connectivity index (χ0v) is 18.1. The highest BCUT2D eigenvalue weighted by Crippen LogP contribution is 2.33. The fourth-order valence-corrected chi connectivity index (χ4v) is 4.65. The Morgan fingerprint density at radius 1 is 1.00 bits per heavy atom. The Labute approximate surface area is 183 Å². The maximum atomic E-state index is 13.5. The van der Waals surface area contributed by atoms with Gasteiger partial charge in [-0.2, -0.15) is 0 Å². The number of hydrogen-bond donors (Lipinski definition) is 0. The number of aryl methyl sites for hydroxylation is 2. The van der Waals surface area contributed by atoms with E-state index < -0.39 is 0 Å². The van der Waals surface area contributed by atoms with Crippen LogP contribution in [0, 0.1) is 13.8 Å². The van der Waals surface area contributed by atoms with Gasteiger partial charge in [-0.05, 0) is 48.7 Å². The van der Waals surface area contributed by atoms with Crippen molar-refractivity contribution in [2.24, 2.45) is 0 Å². The molecule has 0 aliphatic rings. The summed E-state index contributed by atoms with van der Waals surface area (Å²) in [5.74, 6) is -0.0760. The topological polar surface area (TPSA) is 63.9 Å². The molecule has 6 nitrogen and oxygen atoms in total. The van der Waals surface area contributed by atoms with Crippen LogP contribution in [0.15, 0.2) is 66.7 Å². The number of benzene rings is 3. The first-order valence-electron chi connectivity index (χ1n) is 10.1. The highest BCUT2D eigenvalue weighted by atomic mass is 32.1. The maximum absolute atomic E-state index is 13.5. The van der Waals surface area contributed by atoms with Crippen LogP contribution in [0.2, 0.25) is 0 Å². The van der Waals surface area contributed by atoms with Crippen molar-refractivity contribution in [1.82, 2.24) is 20.0 Å². The molecular formula is C24H21N5OS. The third-order valence-electron chi connectivity index (χ3n) is 5.49. The van der Waals surface area contributed by atoms with E-state index in [1.165, 1.54) is 5.56 Å². The predicted octanol–water partition coefficient (Wildman–Crippen LogP) is 4.89. The van der Waals surface area contributed by atoms with Crippen molar-refractivity contribution < 1.29 is 4.79 Å². The molecular weight excluding hydrogens is 406 g/mol. The van der Waals surface area contributed by atoms with Crippen LogP contribution in [0.4, 0.5) is 5.13 Å². The molecule has 7 heteroatoms. The minimum Gasteiger partial charge on any atom is -0.282 e. The van der Waals surface area contributed by atoms with E-state index in [1.54, 1.807) is 20.9 Å². The molecule has 0 aliphatic carbocycles. The van der Waals surface area contributed by atoms with Gasteiger partial charge in [-0.25, -0.2) is 9.67 Å². The highest BCUT2D eigenvalue weighted by Gasteiger charge is 2.22. The smallest absolute Gasteiger partial charge is 0.250 e. The summed E-state index contributed by atoms with van der Waals surface area (Å²) in [5, 5.41) is 9.06. The number of hydrogen-bond acceptors (Lipinski definition) is 5. The van der Waals surface area contributed by atoms with Crippen LogP contribution in [0.3, 0.4) is 0 Å².